The van der Waals surface area contributed by atoms with Gasteiger partial charge in [-0.1, -0.05) is 18.7 Å². The number of benzene rings is 1. The van der Waals surface area contributed by atoms with Crippen LogP contribution in [0.25, 0.3) is 0 Å². The maximum Gasteiger partial charge on any atom is 0.333 e. The van der Waals surface area contributed by atoms with E-state index in [9.17, 15) is 9.59 Å². The topological polar surface area (TPSA) is 81.4 Å². The monoisotopic (exact) mass is 304 g/mol. The van der Waals surface area contributed by atoms with E-state index in [4.69, 9.17) is 10.5 Å². The SMILES string of the molecule is C=C(C)C(=O)OCCCCCC(=O)NCc1cccc(N)c1. The van der Waals surface area contributed by atoms with Crippen molar-refractivity contribution in [3.63, 3.8) is 0 Å². The van der Waals surface area contributed by atoms with Gasteiger partial charge in [0.25, 0.3) is 0 Å². The predicted molar refractivity (Wildman–Crippen MR) is 86.9 cm³/mol. The number of nitrogens with two attached hydrogens (primary N) is 1. The van der Waals surface area contributed by atoms with Crippen LogP contribution < -0.4 is 11.1 Å². The lowest BCUT2D eigenvalue weighted by Crippen LogP contribution is -2.22. The highest BCUT2D eigenvalue weighted by atomic mass is 16.5. The summed E-state index contributed by atoms with van der Waals surface area (Å²) < 4.78 is 4.98. The van der Waals surface area contributed by atoms with Crippen LogP contribution in [-0.4, -0.2) is 18.5 Å². The Morgan fingerprint density at radius 3 is 2.73 bits per heavy atom. The molecular formula is C17H24N2O3. The van der Waals surface area contributed by atoms with Gasteiger partial charge in [-0.2, -0.15) is 0 Å². The largest absolute Gasteiger partial charge is 0.462 e. The number of nitrogens with one attached hydrogen (secondary N) is 1. The number of hydrogen-bond donors (Lipinski definition) is 2. The van der Waals surface area contributed by atoms with Gasteiger partial charge in [-0.3, -0.25) is 4.79 Å². The van der Waals surface area contributed by atoms with Crippen LogP contribution in [0.5, 0.6) is 0 Å². The second kappa shape index (κ2) is 9.60. The van der Waals surface area contributed by atoms with Gasteiger partial charge < -0.3 is 15.8 Å². The number of rotatable bonds is 9. The molecule has 0 saturated heterocycles. The summed E-state index contributed by atoms with van der Waals surface area (Å²) in [5, 5.41) is 2.86. The van der Waals surface area contributed by atoms with Gasteiger partial charge in [-0.25, -0.2) is 4.79 Å². The molecule has 0 spiro atoms. The molecule has 120 valence electrons. The van der Waals surface area contributed by atoms with Crippen molar-refractivity contribution in [2.75, 3.05) is 12.3 Å². The minimum absolute atomic E-state index is 0.0151. The first-order valence-corrected chi connectivity index (χ1v) is 7.43. The Bertz CT molecular complexity index is 526. The van der Waals surface area contributed by atoms with Crippen LogP contribution in [0, 0.1) is 0 Å². The Kier molecular flexibility index (Phi) is 7.75. The predicted octanol–water partition coefficient (Wildman–Crippen LogP) is 2.56. The molecule has 1 aromatic rings. The molecule has 0 aliphatic carbocycles. The molecule has 5 nitrogen and oxygen atoms in total. The summed E-state index contributed by atoms with van der Waals surface area (Å²) in [6.45, 7) is 5.98. The standard InChI is InChI=1S/C17H24N2O3/c1-13(2)17(21)22-10-5-3-4-9-16(20)19-12-14-7-6-8-15(18)11-14/h6-8,11H,1,3-5,9-10,12,18H2,2H3,(H,19,20). The molecule has 3 N–H and O–H groups in total. The molecule has 0 radical (unpaired) electrons. The van der Waals surface area contributed by atoms with Crippen LogP contribution in [-0.2, 0) is 20.9 Å². The van der Waals surface area contributed by atoms with Gasteiger partial charge >= 0.3 is 5.97 Å². The molecule has 0 saturated carbocycles. The zero-order chi connectivity index (χ0) is 16.4. The van der Waals surface area contributed by atoms with Crippen molar-refractivity contribution in [2.45, 2.75) is 39.2 Å². The van der Waals surface area contributed by atoms with E-state index < -0.39 is 0 Å². The van der Waals surface area contributed by atoms with Crippen molar-refractivity contribution in [1.82, 2.24) is 5.32 Å². The zero-order valence-electron chi connectivity index (χ0n) is 13.1. The smallest absolute Gasteiger partial charge is 0.333 e. The zero-order valence-corrected chi connectivity index (χ0v) is 13.1. The van der Waals surface area contributed by atoms with Gasteiger partial charge in [0, 0.05) is 24.2 Å². The maximum absolute atomic E-state index is 11.7. The summed E-state index contributed by atoms with van der Waals surface area (Å²) >= 11 is 0. The number of amides is 1. The third kappa shape index (κ3) is 7.47. The number of unbranched alkanes of at least 4 members (excludes halogenated alkanes) is 2. The molecule has 0 aliphatic rings. The molecule has 22 heavy (non-hydrogen) atoms. The lowest BCUT2D eigenvalue weighted by Gasteiger charge is -2.06. The molecule has 5 heteroatoms. The molecule has 1 aromatic carbocycles. The molecule has 1 amide bonds. The quantitative estimate of drug-likeness (QED) is 0.318. The van der Waals surface area contributed by atoms with Gasteiger partial charge in [-0.15, -0.1) is 0 Å². The van der Waals surface area contributed by atoms with Gasteiger partial charge in [0.15, 0.2) is 0 Å². The average Bonchev–Trinajstić information content (AvgIpc) is 2.48. The molecule has 1 rings (SSSR count). The fraction of sp³-hybridized carbons (Fsp3) is 0.412. The van der Waals surface area contributed by atoms with Crippen molar-refractivity contribution < 1.29 is 14.3 Å². The van der Waals surface area contributed by atoms with Crippen molar-refractivity contribution in [2.24, 2.45) is 0 Å². The minimum Gasteiger partial charge on any atom is -0.462 e. The van der Waals surface area contributed by atoms with E-state index in [0.717, 1.165) is 24.8 Å². The number of hydrogen-bond acceptors (Lipinski definition) is 4. The van der Waals surface area contributed by atoms with E-state index in [1.54, 1.807) is 6.92 Å². The number of ether oxygens (including phenoxy) is 1. The molecule has 0 unspecified atom stereocenters. The van der Waals surface area contributed by atoms with Gasteiger partial charge in [0.05, 0.1) is 6.61 Å². The summed E-state index contributed by atoms with van der Waals surface area (Å²) in [5.41, 5.74) is 7.76. The number of esters is 1. The van der Waals surface area contributed by atoms with E-state index in [-0.39, 0.29) is 11.9 Å². The summed E-state index contributed by atoms with van der Waals surface area (Å²) in [6.07, 6.45) is 2.83. The highest BCUT2D eigenvalue weighted by Crippen LogP contribution is 2.06. The highest BCUT2D eigenvalue weighted by Gasteiger charge is 2.04. The average molecular weight is 304 g/mol. The van der Waals surface area contributed by atoms with E-state index in [1.165, 1.54) is 0 Å². The molecule has 0 aliphatic heterocycles. The molecule has 0 bridgehead atoms. The van der Waals surface area contributed by atoms with E-state index >= 15 is 0 Å². The van der Waals surface area contributed by atoms with Gasteiger partial charge in [0.1, 0.15) is 0 Å². The van der Waals surface area contributed by atoms with Crippen molar-refractivity contribution in [3.05, 3.63) is 42.0 Å². The van der Waals surface area contributed by atoms with E-state index in [2.05, 4.69) is 11.9 Å². The van der Waals surface area contributed by atoms with Gasteiger partial charge in [0.2, 0.25) is 5.91 Å². The number of carbonyl (C=O) groups is 2. The minimum atomic E-state index is -0.361. The molecular weight excluding hydrogens is 280 g/mol. The third-order valence-electron chi connectivity index (χ3n) is 3.07. The molecule has 0 aromatic heterocycles. The Morgan fingerprint density at radius 1 is 1.27 bits per heavy atom. The van der Waals surface area contributed by atoms with Crippen LogP contribution in [0.1, 0.15) is 38.2 Å². The number of nitrogen functional groups attached to an aromatic ring is 1. The Labute approximate surface area is 131 Å². The summed E-state index contributed by atoms with van der Waals surface area (Å²) in [6, 6.07) is 7.44. The van der Waals surface area contributed by atoms with Crippen molar-refractivity contribution >= 4 is 17.6 Å². The number of carbonyl (C=O) groups excluding carboxylic acids is 2. The number of anilines is 1. The Morgan fingerprint density at radius 2 is 2.05 bits per heavy atom. The second-order valence-electron chi connectivity index (χ2n) is 5.25. The normalized spacial score (nSPS) is 10.0. The maximum atomic E-state index is 11.7. The summed E-state index contributed by atoms with van der Waals surface area (Å²) in [5.74, 6) is -0.346. The summed E-state index contributed by atoms with van der Waals surface area (Å²) in [7, 11) is 0. The van der Waals surface area contributed by atoms with Crippen molar-refractivity contribution in [3.8, 4) is 0 Å². The van der Waals surface area contributed by atoms with Gasteiger partial charge in [-0.05, 0) is 43.9 Å². The molecule has 0 atom stereocenters. The fourth-order valence-electron chi connectivity index (χ4n) is 1.84. The first-order chi connectivity index (χ1) is 10.5. The first-order valence-electron chi connectivity index (χ1n) is 7.43. The van der Waals surface area contributed by atoms with Crippen molar-refractivity contribution in [1.29, 1.82) is 0 Å². The van der Waals surface area contributed by atoms with Crippen LogP contribution in [0.15, 0.2) is 36.4 Å². The Hall–Kier alpha value is -2.30. The molecule has 0 fully saturated rings. The van der Waals surface area contributed by atoms with E-state index in [1.807, 2.05) is 24.3 Å². The Balaban J connectivity index is 2.06. The lowest BCUT2D eigenvalue weighted by molar-refractivity contribution is -0.139. The fourth-order valence-corrected chi connectivity index (χ4v) is 1.84. The first kappa shape index (κ1) is 17.8. The van der Waals surface area contributed by atoms with Crippen LogP contribution in [0.2, 0.25) is 0 Å². The third-order valence-corrected chi connectivity index (χ3v) is 3.07. The van der Waals surface area contributed by atoms with Crippen LogP contribution >= 0.6 is 0 Å². The summed E-state index contributed by atoms with van der Waals surface area (Å²) in [4.78, 5) is 22.8. The van der Waals surface area contributed by atoms with Crippen LogP contribution in [0.4, 0.5) is 5.69 Å². The highest BCUT2D eigenvalue weighted by molar-refractivity contribution is 5.86. The second-order valence-corrected chi connectivity index (χ2v) is 5.25. The lowest BCUT2D eigenvalue weighted by atomic mass is 10.1. The van der Waals surface area contributed by atoms with Crippen LogP contribution in [0.3, 0.4) is 0 Å². The molecule has 0 heterocycles. The van der Waals surface area contributed by atoms with E-state index in [0.29, 0.717) is 30.8 Å².